The van der Waals surface area contributed by atoms with Crippen LogP contribution >= 0.6 is 0 Å². The van der Waals surface area contributed by atoms with Gasteiger partial charge in [-0.15, -0.1) is 0 Å². The van der Waals surface area contributed by atoms with Crippen molar-refractivity contribution in [1.29, 1.82) is 0 Å². The maximum Gasteiger partial charge on any atom is -0.0351 e. The molecule has 0 heterocycles. The van der Waals surface area contributed by atoms with Gasteiger partial charge in [0.05, 0.1) is 0 Å². The van der Waals surface area contributed by atoms with Crippen molar-refractivity contribution in [3.8, 4) is 0 Å². The molecule has 0 saturated heterocycles. The largest absolute Gasteiger partial charge is 0.0885 e. The fraction of sp³-hybridized carbons (Fsp3) is 0.867. The van der Waals surface area contributed by atoms with Gasteiger partial charge in [-0.3, -0.25) is 0 Å². The van der Waals surface area contributed by atoms with Crippen LogP contribution in [0.4, 0.5) is 0 Å². The van der Waals surface area contributed by atoms with E-state index in [0.29, 0.717) is 0 Å². The Hall–Kier alpha value is -0.260. The molecule has 30 heavy (non-hydrogen) atoms. The summed E-state index contributed by atoms with van der Waals surface area (Å²) in [7, 11) is 0. The van der Waals surface area contributed by atoms with Crippen LogP contribution in [0.3, 0.4) is 0 Å². The van der Waals surface area contributed by atoms with Gasteiger partial charge in [0.1, 0.15) is 0 Å². The average Bonchev–Trinajstić information content (AvgIpc) is 2.75. The SMILES string of the molecule is [CH2]CCCCCCCCC=CCCCCCCCCCCCC(C)CCCCC[CH2]. The van der Waals surface area contributed by atoms with Crippen molar-refractivity contribution in [3.63, 3.8) is 0 Å². The second kappa shape index (κ2) is 26.8. The highest BCUT2D eigenvalue weighted by Crippen LogP contribution is 2.18. The van der Waals surface area contributed by atoms with Crippen LogP contribution in [0.2, 0.25) is 0 Å². The van der Waals surface area contributed by atoms with Gasteiger partial charge in [-0.05, 0) is 31.6 Å². The van der Waals surface area contributed by atoms with E-state index in [0.717, 1.165) is 18.8 Å². The normalized spacial score (nSPS) is 12.8. The lowest BCUT2D eigenvalue weighted by atomic mass is 9.96. The molecule has 0 N–H and O–H groups in total. The van der Waals surface area contributed by atoms with Gasteiger partial charge in [0.15, 0.2) is 0 Å². The predicted octanol–water partition coefficient (Wildman–Crippen LogP) is 11.2. The van der Waals surface area contributed by atoms with Crippen molar-refractivity contribution in [2.75, 3.05) is 0 Å². The lowest BCUT2D eigenvalue weighted by Gasteiger charge is -2.10. The summed E-state index contributed by atoms with van der Waals surface area (Å²) in [5.74, 6) is 0.942. The zero-order chi connectivity index (χ0) is 22.0. The van der Waals surface area contributed by atoms with Gasteiger partial charge in [0.2, 0.25) is 0 Å². The molecule has 178 valence electrons. The van der Waals surface area contributed by atoms with Crippen LogP contribution in [-0.2, 0) is 0 Å². The summed E-state index contributed by atoms with van der Waals surface area (Å²) >= 11 is 0. The molecule has 0 aliphatic rings. The van der Waals surface area contributed by atoms with Crippen LogP contribution < -0.4 is 0 Å². The third kappa shape index (κ3) is 25.8. The van der Waals surface area contributed by atoms with Crippen LogP contribution in [0, 0.1) is 19.8 Å². The average molecular weight is 419 g/mol. The van der Waals surface area contributed by atoms with E-state index < -0.39 is 0 Å². The molecule has 0 aromatic carbocycles. The molecule has 0 fully saturated rings. The molecule has 0 saturated carbocycles. The molecular weight excluding hydrogens is 360 g/mol. The fourth-order valence-corrected chi connectivity index (χ4v) is 4.36. The molecule has 0 rings (SSSR count). The molecular formula is C30H58. The molecule has 2 radical (unpaired) electrons. The quantitative estimate of drug-likeness (QED) is 0.102. The summed E-state index contributed by atoms with van der Waals surface area (Å²) in [5.41, 5.74) is 0. The first-order valence-corrected chi connectivity index (χ1v) is 14.0. The molecule has 0 bridgehead atoms. The zero-order valence-electron chi connectivity index (χ0n) is 21.1. The Bertz CT molecular complexity index is 316. The summed E-state index contributed by atoms with van der Waals surface area (Å²) in [6.07, 6.45) is 38.1. The number of rotatable bonds is 25. The first kappa shape index (κ1) is 29.7. The minimum absolute atomic E-state index is 0.942. The maximum atomic E-state index is 3.93. The van der Waals surface area contributed by atoms with E-state index in [1.807, 2.05) is 0 Å². The van der Waals surface area contributed by atoms with Gasteiger partial charge in [-0.2, -0.15) is 0 Å². The topological polar surface area (TPSA) is 0 Å². The third-order valence-corrected chi connectivity index (χ3v) is 6.55. The van der Waals surface area contributed by atoms with E-state index in [2.05, 4.69) is 32.9 Å². The molecule has 0 aliphatic carbocycles. The van der Waals surface area contributed by atoms with Crippen molar-refractivity contribution in [2.24, 2.45) is 5.92 Å². The Morgan fingerprint density at radius 2 is 0.733 bits per heavy atom. The van der Waals surface area contributed by atoms with Crippen molar-refractivity contribution in [3.05, 3.63) is 26.0 Å². The maximum absolute atomic E-state index is 3.93. The summed E-state index contributed by atoms with van der Waals surface area (Å²) < 4.78 is 0. The molecule has 1 unspecified atom stereocenters. The molecule has 1 atom stereocenters. The highest BCUT2D eigenvalue weighted by molar-refractivity contribution is 4.81. The van der Waals surface area contributed by atoms with Crippen molar-refractivity contribution < 1.29 is 0 Å². The van der Waals surface area contributed by atoms with Crippen LogP contribution in [0.15, 0.2) is 12.2 Å². The standard InChI is InChI=1S/C30H58/c1-4-6-8-10-11-12-13-14-15-16-17-18-19-20-21-22-23-24-25-27-29-30(3)28-26-9-7-5-2/h15-16,30H,1-2,4-14,17-29H2,3H3. The van der Waals surface area contributed by atoms with Crippen molar-refractivity contribution >= 4 is 0 Å². The second-order valence-corrected chi connectivity index (χ2v) is 9.80. The summed E-state index contributed by atoms with van der Waals surface area (Å²) in [4.78, 5) is 0. The third-order valence-electron chi connectivity index (χ3n) is 6.55. The Morgan fingerprint density at radius 1 is 0.433 bits per heavy atom. The monoisotopic (exact) mass is 418 g/mol. The molecule has 0 aliphatic heterocycles. The summed E-state index contributed by atoms with van der Waals surface area (Å²) in [6.45, 7) is 10.3. The molecule has 0 spiro atoms. The van der Waals surface area contributed by atoms with Gasteiger partial charge < -0.3 is 0 Å². The second-order valence-electron chi connectivity index (χ2n) is 9.80. The Balaban J connectivity index is 3.14. The molecule has 0 aromatic heterocycles. The van der Waals surface area contributed by atoms with Crippen molar-refractivity contribution in [2.45, 2.75) is 161 Å². The molecule has 0 nitrogen and oxygen atoms in total. The Kier molecular flexibility index (Phi) is 26.5. The first-order chi connectivity index (χ1) is 14.8. The van der Waals surface area contributed by atoms with Crippen LogP contribution in [-0.4, -0.2) is 0 Å². The molecule has 0 amide bonds. The first-order valence-electron chi connectivity index (χ1n) is 14.0. The Morgan fingerprint density at radius 3 is 1.13 bits per heavy atom. The molecule has 0 heteroatoms. The van der Waals surface area contributed by atoms with Gasteiger partial charge in [-0.25, -0.2) is 0 Å². The number of allylic oxidation sites excluding steroid dienone is 2. The summed E-state index contributed by atoms with van der Waals surface area (Å²) in [6, 6.07) is 0. The number of hydrogen-bond donors (Lipinski definition) is 0. The van der Waals surface area contributed by atoms with E-state index in [4.69, 9.17) is 0 Å². The van der Waals surface area contributed by atoms with Crippen LogP contribution in [0.5, 0.6) is 0 Å². The van der Waals surface area contributed by atoms with E-state index in [1.165, 1.54) is 141 Å². The minimum atomic E-state index is 0.942. The van der Waals surface area contributed by atoms with Gasteiger partial charge in [0.25, 0.3) is 0 Å². The van der Waals surface area contributed by atoms with E-state index in [1.54, 1.807) is 0 Å². The fourth-order valence-electron chi connectivity index (χ4n) is 4.36. The lowest BCUT2D eigenvalue weighted by molar-refractivity contribution is 0.434. The van der Waals surface area contributed by atoms with E-state index in [-0.39, 0.29) is 0 Å². The van der Waals surface area contributed by atoms with Gasteiger partial charge in [-0.1, -0.05) is 161 Å². The van der Waals surface area contributed by atoms with Gasteiger partial charge in [0, 0.05) is 0 Å². The predicted molar refractivity (Wildman–Crippen MR) is 140 cm³/mol. The van der Waals surface area contributed by atoms with Gasteiger partial charge >= 0.3 is 0 Å². The smallest absolute Gasteiger partial charge is 0.0351 e. The van der Waals surface area contributed by atoms with Crippen molar-refractivity contribution in [1.82, 2.24) is 0 Å². The minimum Gasteiger partial charge on any atom is -0.0885 e. The highest BCUT2D eigenvalue weighted by atomic mass is 14.1. The van der Waals surface area contributed by atoms with Crippen LogP contribution in [0.1, 0.15) is 161 Å². The lowest BCUT2D eigenvalue weighted by Crippen LogP contribution is -1.95. The number of unbranched alkanes of at least 4 members (excludes halogenated alkanes) is 19. The summed E-state index contributed by atoms with van der Waals surface area (Å²) in [5, 5.41) is 0. The van der Waals surface area contributed by atoms with Crippen LogP contribution in [0.25, 0.3) is 0 Å². The number of hydrogen-bond acceptors (Lipinski definition) is 0. The highest BCUT2D eigenvalue weighted by Gasteiger charge is 2.01. The zero-order valence-corrected chi connectivity index (χ0v) is 21.1. The van der Waals surface area contributed by atoms with E-state index in [9.17, 15) is 0 Å². The van der Waals surface area contributed by atoms with E-state index >= 15 is 0 Å². The molecule has 0 aromatic rings. The Labute approximate surface area is 193 Å².